The quantitative estimate of drug-likeness (QED) is 0.871. The van der Waals surface area contributed by atoms with Crippen molar-refractivity contribution in [2.45, 2.75) is 19.9 Å². The molecular formula is C13H13BrClNO. The molecule has 0 bridgehead atoms. The lowest BCUT2D eigenvalue weighted by Crippen LogP contribution is -1.98. The summed E-state index contributed by atoms with van der Waals surface area (Å²) in [5, 5.41) is 3.94. The largest absolute Gasteiger partial charge is 0.464 e. The van der Waals surface area contributed by atoms with E-state index >= 15 is 0 Å². The molecule has 0 radical (unpaired) electrons. The molecule has 1 aromatic heterocycles. The van der Waals surface area contributed by atoms with Gasteiger partial charge in [-0.15, -0.1) is 0 Å². The monoisotopic (exact) mass is 313 g/mol. The van der Waals surface area contributed by atoms with Crippen molar-refractivity contribution in [3.8, 4) is 0 Å². The van der Waals surface area contributed by atoms with Crippen molar-refractivity contribution < 1.29 is 4.42 Å². The molecule has 0 atom stereocenters. The molecule has 2 rings (SSSR count). The zero-order valence-corrected chi connectivity index (χ0v) is 11.8. The van der Waals surface area contributed by atoms with Crippen LogP contribution in [0, 0.1) is 0 Å². The second kappa shape index (κ2) is 5.61. The van der Waals surface area contributed by atoms with Gasteiger partial charge in [-0.25, -0.2) is 0 Å². The number of aryl methyl sites for hydroxylation is 1. The second-order valence-electron chi connectivity index (χ2n) is 3.70. The molecule has 90 valence electrons. The Kier molecular flexibility index (Phi) is 4.13. The number of anilines is 1. The summed E-state index contributed by atoms with van der Waals surface area (Å²) in [6, 6.07) is 9.74. The summed E-state index contributed by atoms with van der Waals surface area (Å²) >= 11 is 9.48. The minimum absolute atomic E-state index is 0.640. The Labute approximate surface area is 114 Å². The van der Waals surface area contributed by atoms with Gasteiger partial charge in [0.1, 0.15) is 11.5 Å². The van der Waals surface area contributed by atoms with E-state index < -0.39 is 0 Å². The summed E-state index contributed by atoms with van der Waals surface area (Å²) in [5.41, 5.74) is 0.907. The first-order valence-corrected chi connectivity index (χ1v) is 6.62. The van der Waals surface area contributed by atoms with Crippen LogP contribution in [0.15, 0.2) is 39.2 Å². The maximum absolute atomic E-state index is 6.11. The SMILES string of the molecule is CCc1ccc(CNc2ccc(Br)cc2Cl)o1. The smallest absolute Gasteiger partial charge is 0.123 e. The highest BCUT2D eigenvalue weighted by Gasteiger charge is 2.03. The third-order valence-corrected chi connectivity index (χ3v) is 3.26. The summed E-state index contributed by atoms with van der Waals surface area (Å²) in [6.07, 6.45) is 0.916. The third-order valence-electron chi connectivity index (χ3n) is 2.45. The fourth-order valence-corrected chi connectivity index (χ4v) is 2.26. The van der Waals surface area contributed by atoms with Crippen LogP contribution >= 0.6 is 27.5 Å². The number of hydrogen-bond acceptors (Lipinski definition) is 2. The van der Waals surface area contributed by atoms with Gasteiger partial charge in [0, 0.05) is 10.9 Å². The van der Waals surface area contributed by atoms with Crippen molar-refractivity contribution >= 4 is 33.2 Å². The molecule has 1 aromatic carbocycles. The molecule has 1 N–H and O–H groups in total. The van der Waals surface area contributed by atoms with Gasteiger partial charge in [0.2, 0.25) is 0 Å². The molecule has 0 saturated carbocycles. The number of nitrogens with one attached hydrogen (secondary N) is 1. The lowest BCUT2D eigenvalue weighted by molar-refractivity contribution is 0.476. The molecule has 0 aliphatic rings. The Morgan fingerprint density at radius 1 is 1.24 bits per heavy atom. The third kappa shape index (κ3) is 3.27. The van der Waals surface area contributed by atoms with Gasteiger partial charge in [-0.3, -0.25) is 0 Å². The van der Waals surface area contributed by atoms with Crippen LogP contribution in [0.2, 0.25) is 5.02 Å². The molecular weight excluding hydrogens is 302 g/mol. The van der Waals surface area contributed by atoms with Crippen molar-refractivity contribution in [1.29, 1.82) is 0 Å². The molecule has 0 aliphatic heterocycles. The number of rotatable bonds is 4. The van der Waals surface area contributed by atoms with Crippen molar-refractivity contribution in [3.05, 3.63) is 51.3 Å². The lowest BCUT2D eigenvalue weighted by atomic mass is 10.3. The van der Waals surface area contributed by atoms with Crippen molar-refractivity contribution in [3.63, 3.8) is 0 Å². The Morgan fingerprint density at radius 3 is 2.65 bits per heavy atom. The van der Waals surface area contributed by atoms with E-state index in [1.54, 1.807) is 0 Å². The molecule has 2 aromatic rings. The maximum atomic E-state index is 6.11. The van der Waals surface area contributed by atoms with Crippen molar-refractivity contribution in [2.75, 3.05) is 5.32 Å². The molecule has 0 unspecified atom stereocenters. The van der Waals surface area contributed by atoms with E-state index in [2.05, 4.69) is 28.2 Å². The molecule has 17 heavy (non-hydrogen) atoms. The fourth-order valence-electron chi connectivity index (χ4n) is 1.52. The first-order valence-electron chi connectivity index (χ1n) is 5.45. The van der Waals surface area contributed by atoms with E-state index in [0.717, 1.165) is 28.1 Å². The predicted octanol–water partition coefficient (Wildman–Crippen LogP) is 4.87. The van der Waals surface area contributed by atoms with E-state index in [1.165, 1.54) is 0 Å². The van der Waals surface area contributed by atoms with Crippen LogP contribution in [0.3, 0.4) is 0 Å². The van der Waals surface area contributed by atoms with Crippen LogP contribution in [-0.2, 0) is 13.0 Å². The lowest BCUT2D eigenvalue weighted by Gasteiger charge is -2.06. The molecule has 0 saturated heterocycles. The topological polar surface area (TPSA) is 25.2 Å². The van der Waals surface area contributed by atoms with E-state index in [-0.39, 0.29) is 0 Å². The van der Waals surface area contributed by atoms with E-state index in [4.69, 9.17) is 16.0 Å². The Hall–Kier alpha value is -0.930. The number of hydrogen-bond donors (Lipinski definition) is 1. The summed E-state index contributed by atoms with van der Waals surface area (Å²) in [5.74, 6) is 1.92. The maximum Gasteiger partial charge on any atom is 0.123 e. The second-order valence-corrected chi connectivity index (χ2v) is 5.02. The molecule has 2 nitrogen and oxygen atoms in total. The van der Waals surface area contributed by atoms with Gasteiger partial charge < -0.3 is 9.73 Å². The number of benzene rings is 1. The average molecular weight is 315 g/mol. The van der Waals surface area contributed by atoms with E-state index in [0.29, 0.717) is 11.6 Å². The van der Waals surface area contributed by atoms with Crippen LogP contribution in [0.5, 0.6) is 0 Å². The molecule has 0 amide bonds. The molecule has 4 heteroatoms. The Morgan fingerprint density at radius 2 is 2.00 bits per heavy atom. The Balaban J connectivity index is 2.02. The van der Waals surface area contributed by atoms with Gasteiger partial charge in [-0.2, -0.15) is 0 Å². The zero-order chi connectivity index (χ0) is 12.3. The van der Waals surface area contributed by atoms with Gasteiger partial charge in [-0.05, 0) is 30.3 Å². The fraction of sp³-hybridized carbons (Fsp3) is 0.231. The van der Waals surface area contributed by atoms with Crippen LogP contribution < -0.4 is 5.32 Å². The summed E-state index contributed by atoms with van der Waals surface area (Å²) in [7, 11) is 0. The van der Waals surface area contributed by atoms with Crippen LogP contribution in [0.1, 0.15) is 18.4 Å². The zero-order valence-electron chi connectivity index (χ0n) is 9.47. The van der Waals surface area contributed by atoms with Gasteiger partial charge in [0.15, 0.2) is 0 Å². The van der Waals surface area contributed by atoms with Gasteiger partial charge in [0.25, 0.3) is 0 Å². The predicted molar refractivity (Wildman–Crippen MR) is 74.6 cm³/mol. The highest BCUT2D eigenvalue weighted by Crippen LogP contribution is 2.26. The first-order chi connectivity index (χ1) is 8.19. The summed E-state index contributed by atoms with van der Waals surface area (Å²) in [4.78, 5) is 0. The van der Waals surface area contributed by atoms with Crippen LogP contribution in [-0.4, -0.2) is 0 Å². The van der Waals surface area contributed by atoms with Gasteiger partial charge >= 0.3 is 0 Å². The molecule has 0 spiro atoms. The minimum atomic E-state index is 0.640. The van der Waals surface area contributed by atoms with Gasteiger partial charge in [-0.1, -0.05) is 34.5 Å². The minimum Gasteiger partial charge on any atom is -0.464 e. The summed E-state index contributed by atoms with van der Waals surface area (Å²) in [6.45, 7) is 2.71. The highest BCUT2D eigenvalue weighted by atomic mass is 79.9. The van der Waals surface area contributed by atoms with Crippen molar-refractivity contribution in [1.82, 2.24) is 0 Å². The average Bonchev–Trinajstić information content (AvgIpc) is 2.76. The first kappa shape index (κ1) is 12.5. The van der Waals surface area contributed by atoms with Crippen LogP contribution in [0.25, 0.3) is 0 Å². The summed E-state index contributed by atoms with van der Waals surface area (Å²) < 4.78 is 6.57. The van der Waals surface area contributed by atoms with E-state index in [9.17, 15) is 0 Å². The van der Waals surface area contributed by atoms with Crippen molar-refractivity contribution in [2.24, 2.45) is 0 Å². The van der Waals surface area contributed by atoms with E-state index in [1.807, 2.05) is 30.3 Å². The molecule has 0 aliphatic carbocycles. The number of furan rings is 1. The highest BCUT2D eigenvalue weighted by molar-refractivity contribution is 9.10. The molecule has 1 heterocycles. The number of halogens is 2. The Bertz CT molecular complexity index is 510. The molecule has 0 fully saturated rings. The van der Waals surface area contributed by atoms with Crippen LogP contribution in [0.4, 0.5) is 5.69 Å². The van der Waals surface area contributed by atoms with Gasteiger partial charge in [0.05, 0.1) is 17.3 Å². The normalized spacial score (nSPS) is 10.5. The standard InChI is InChI=1S/C13H13BrClNO/c1-2-10-4-5-11(17-10)8-16-13-6-3-9(14)7-12(13)15/h3-7,16H,2,8H2,1H3.